The standard InChI is InChI=1S/C16H23NO3/c1-11-6-4-5-7-13(11)15(16(19)20-3)17-9-8-12(2)14(18)10-17/h4-7,12,14-15,18H,8-10H2,1-3H3. The predicted molar refractivity (Wildman–Crippen MR) is 77.3 cm³/mol. The van der Waals surface area contributed by atoms with Gasteiger partial charge in [0.15, 0.2) is 0 Å². The molecule has 1 N–H and O–H groups in total. The third kappa shape index (κ3) is 3.02. The summed E-state index contributed by atoms with van der Waals surface area (Å²) in [4.78, 5) is 14.2. The number of aliphatic hydroxyl groups excluding tert-OH is 1. The van der Waals surface area contributed by atoms with E-state index in [2.05, 4.69) is 0 Å². The molecule has 0 amide bonds. The molecule has 0 saturated carbocycles. The number of aryl methyl sites for hydroxylation is 1. The van der Waals surface area contributed by atoms with Crippen LogP contribution in [0, 0.1) is 12.8 Å². The Morgan fingerprint density at radius 3 is 2.75 bits per heavy atom. The van der Waals surface area contributed by atoms with Crippen LogP contribution < -0.4 is 0 Å². The summed E-state index contributed by atoms with van der Waals surface area (Å²) in [6, 6.07) is 7.42. The molecule has 1 heterocycles. The van der Waals surface area contributed by atoms with Crippen molar-refractivity contribution in [3.05, 3.63) is 35.4 Å². The molecule has 0 spiro atoms. The molecule has 1 aromatic carbocycles. The minimum absolute atomic E-state index is 0.263. The number of β-amino-alcohol motifs (C(OH)–C–C–N with tert-alkyl or cyclic N) is 1. The van der Waals surface area contributed by atoms with Crippen LogP contribution in [0.2, 0.25) is 0 Å². The van der Waals surface area contributed by atoms with E-state index in [1.807, 2.05) is 43.0 Å². The minimum Gasteiger partial charge on any atom is -0.468 e. The Balaban J connectivity index is 2.29. The largest absolute Gasteiger partial charge is 0.468 e. The number of hydrogen-bond donors (Lipinski definition) is 1. The summed E-state index contributed by atoms with van der Waals surface area (Å²) in [5.74, 6) is 0.0162. The second kappa shape index (κ2) is 6.37. The fraction of sp³-hybridized carbons (Fsp3) is 0.562. The van der Waals surface area contributed by atoms with Gasteiger partial charge >= 0.3 is 5.97 Å². The van der Waals surface area contributed by atoms with Crippen LogP contribution in [-0.4, -0.2) is 42.3 Å². The van der Waals surface area contributed by atoms with E-state index in [0.717, 1.165) is 24.1 Å². The number of ether oxygens (including phenoxy) is 1. The molecule has 1 aliphatic heterocycles. The maximum Gasteiger partial charge on any atom is 0.327 e. The maximum absolute atomic E-state index is 12.2. The van der Waals surface area contributed by atoms with Gasteiger partial charge in [-0.3, -0.25) is 4.90 Å². The molecule has 4 nitrogen and oxygen atoms in total. The molecular weight excluding hydrogens is 254 g/mol. The number of benzene rings is 1. The number of piperidine rings is 1. The lowest BCUT2D eigenvalue weighted by Crippen LogP contribution is -2.47. The van der Waals surface area contributed by atoms with Crippen LogP contribution in [0.5, 0.6) is 0 Å². The SMILES string of the molecule is COC(=O)C(c1ccccc1C)N1CCC(C)C(O)C1. The Morgan fingerprint density at radius 2 is 2.15 bits per heavy atom. The molecular formula is C16H23NO3. The highest BCUT2D eigenvalue weighted by Gasteiger charge is 2.34. The van der Waals surface area contributed by atoms with Gasteiger partial charge in [0.05, 0.1) is 13.2 Å². The molecule has 20 heavy (non-hydrogen) atoms. The van der Waals surface area contributed by atoms with Crippen molar-refractivity contribution in [2.75, 3.05) is 20.2 Å². The normalized spacial score (nSPS) is 25.2. The zero-order chi connectivity index (χ0) is 14.7. The molecule has 1 aromatic rings. The first-order valence-electron chi connectivity index (χ1n) is 7.10. The third-order valence-electron chi connectivity index (χ3n) is 4.22. The van der Waals surface area contributed by atoms with Crippen molar-refractivity contribution >= 4 is 5.97 Å². The molecule has 4 heteroatoms. The average Bonchev–Trinajstić information content (AvgIpc) is 2.44. The first-order valence-corrected chi connectivity index (χ1v) is 7.10. The van der Waals surface area contributed by atoms with Gasteiger partial charge in [-0.05, 0) is 36.9 Å². The topological polar surface area (TPSA) is 49.8 Å². The van der Waals surface area contributed by atoms with E-state index >= 15 is 0 Å². The Morgan fingerprint density at radius 1 is 1.45 bits per heavy atom. The van der Waals surface area contributed by atoms with Crippen molar-refractivity contribution in [3.63, 3.8) is 0 Å². The lowest BCUT2D eigenvalue weighted by Gasteiger charge is -2.38. The molecule has 0 bridgehead atoms. The summed E-state index contributed by atoms with van der Waals surface area (Å²) >= 11 is 0. The molecule has 1 saturated heterocycles. The highest BCUT2D eigenvalue weighted by atomic mass is 16.5. The van der Waals surface area contributed by atoms with Gasteiger partial charge in [-0.25, -0.2) is 4.79 Å². The number of carbonyl (C=O) groups is 1. The smallest absolute Gasteiger partial charge is 0.327 e. The number of esters is 1. The summed E-state index contributed by atoms with van der Waals surface area (Å²) in [5.41, 5.74) is 2.03. The number of likely N-dealkylation sites (tertiary alicyclic amines) is 1. The van der Waals surface area contributed by atoms with E-state index in [-0.39, 0.29) is 18.0 Å². The van der Waals surface area contributed by atoms with Crippen molar-refractivity contribution in [2.45, 2.75) is 32.4 Å². The Hall–Kier alpha value is -1.39. The summed E-state index contributed by atoms with van der Waals surface area (Å²) in [6.07, 6.45) is 0.500. The molecule has 110 valence electrons. The summed E-state index contributed by atoms with van der Waals surface area (Å²) in [6.45, 7) is 5.35. The molecule has 3 atom stereocenters. The van der Waals surface area contributed by atoms with Crippen LogP contribution in [-0.2, 0) is 9.53 Å². The molecule has 1 fully saturated rings. The third-order valence-corrected chi connectivity index (χ3v) is 4.22. The van der Waals surface area contributed by atoms with Crippen molar-refractivity contribution in [2.24, 2.45) is 5.92 Å². The van der Waals surface area contributed by atoms with Crippen LogP contribution >= 0.6 is 0 Å². The van der Waals surface area contributed by atoms with Crippen LogP contribution in [0.25, 0.3) is 0 Å². The van der Waals surface area contributed by atoms with E-state index in [9.17, 15) is 9.90 Å². The van der Waals surface area contributed by atoms with Crippen molar-refractivity contribution in [1.82, 2.24) is 4.90 Å². The zero-order valence-electron chi connectivity index (χ0n) is 12.4. The average molecular weight is 277 g/mol. The first-order chi connectivity index (χ1) is 9.54. The second-order valence-corrected chi connectivity index (χ2v) is 5.61. The van der Waals surface area contributed by atoms with Gasteiger partial charge in [0.1, 0.15) is 6.04 Å². The van der Waals surface area contributed by atoms with E-state index in [4.69, 9.17) is 4.74 Å². The van der Waals surface area contributed by atoms with Crippen molar-refractivity contribution in [1.29, 1.82) is 0 Å². The Bertz CT molecular complexity index is 475. The molecule has 1 aliphatic rings. The van der Waals surface area contributed by atoms with Gasteiger partial charge in [-0.2, -0.15) is 0 Å². The summed E-state index contributed by atoms with van der Waals surface area (Å²) < 4.78 is 4.97. The van der Waals surface area contributed by atoms with Gasteiger partial charge in [-0.1, -0.05) is 31.2 Å². The summed E-state index contributed by atoms with van der Waals surface area (Å²) in [5, 5.41) is 10.1. The number of rotatable bonds is 3. The second-order valence-electron chi connectivity index (χ2n) is 5.61. The van der Waals surface area contributed by atoms with E-state index in [0.29, 0.717) is 6.54 Å². The minimum atomic E-state index is -0.427. The fourth-order valence-corrected chi connectivity index (χ4v) is 2.79. The van der Waals surface area contributed by atoms with Crippen LogP contribution in [0.1, 0.15) is 30.5 Å². The first kappa shape index (κ1) is 15.0. The quantitative estimate of drug-likeness (QED) is 0.858. The van der Waals surface area contributed by atoms with Crippen LogP contribution in [0.15, 0.2) is 24.3 Å². The number of nitrogens with zero attached hydrogens (tertiary/aromatic N) is 1. The monoisotopic (exact) mass is 277 g/mol. The van der Waals surface area contributed by atoms with Crippen LogP contribution in [0.4, 0.5) is 0 Å². The highest BCUT2D eigenvalue weighted by Crippen LogP contribution is 2.29. The number of methoxy groups -OCH3 is 1. The lowest BCUT2D eigenvalue weighted by molar-refractivity contribution is -0.149. The van der Waals surface area contributed by atoms with E-state index in [1.54, 1.807) is 0 Å². The van der Waals surface area contributed by atoms with Crippen molar-refractivity contribution in [3.8, 4) is 0 Å². The summed E-state index contributed by atoms with van der Waals surface area (Å²) in [7, 11) is 1.41. The highest BCUT2D eigenvalue weighted by molar-refractivity contribution is 5.78. The molecule has 0 radical (unpaired) electrons. The Kier molecular flexibility index (Phi) is 4.78. The molecule has 0 aromatic heterocycles. The predicted octanol–water partition coefficient (Wildman–Crippen LogP) is 1.91. The maximum atomic E-state index is 12.2. The Labute approximate surface area is 120 Å². The van der Waals surface area contributed by atoms with Gasteiger partial charge in [-0.15, -0.1) is 0 Å². The zero-order valence-corrected chi connectivity index (χ0v) is 12.4. The fourth-order valence-electron chi connectivity index (χ4n) is 2.79. The molecule has 2 rings (SSSR count). The van der Waals surface area contributed by atoms with E-state index < -0.39 is 6.04 Å². The van der Waals surface area contributed by atoms with Gasteiger partial charge in [0.2, 0.25) is 0 Å². The lowest BCUT2D eigenvalue weighted by atomic mass is 9.92. The molecule has 0 aliphatic carbocycles. The van der Waals surface area contributed by atoms with Crippen LogP contribution in [0.3, 0.4) is 0 Å². The van der Waals surface area contributed by atoms with Gasteiger partial charge < -0.3 is 9.84 Å². The van der Waals surface area contributed by atoms with Gasteiger partial charge in [0.25, 0.3) is 0 Å². The molecule has 3 unspecified atom stereocenters. The van der Waals surface area contributed by atoms with Gasteiger partial charge in [0, 0.05) is 6.54 Å². The number of hydrogen-bond acceptors (Lipinski definition) is 4. The number of carbonyl (C=O) groups excluding carboxylic acids is 1. The van der Waals surface area contributed by atoms with E-state index in [1.165, 1.54) is 7.11 Å². The van der Waals surface area contributed by atoms with Crippen molar-refractivity contribution < 1.29 is 14.6 Å². The number of aliphatic hydroxyl groups is 1.